The lowest BCUT2D eigenvalue weighted by Gasteiger charge is -2.22. The maximum Gasteiger partial charge on any atom is 0.287 e. The fourth-order valence-electron chi connectivity index (χ4n) is 2.78. The molecule has 0 aliphatic heterocycles. The smallest absolute Gasteiger partial charge is 0.287 e. The van der Waals surface area contributed by atoms with Gasteiger partial charge in [0.25, 0.3) is 5.91 Å². The summed E-state index contributed by atoms with van der Waals surface area (Å²) in [7, 11) is -3.78. The minimum Gasteiger partial charge on any atom is -0.375 e. The summed E-state index contributed by atoms with van der Waals surface area (Å²) in [4.78, 5) is 37.0. The zero-order chi connectivity index (χ0) is 23.6. The number of Topliss-reactive ketones (excluding diaryl/α,β-unsaturated/α-hetero) is 1. The number of sulfonamides is 1. The fourth-order valence-corrected chi connectivity index (χ4v) is 3.47. The SMILES string of the molecule is [2H]NC(=O)C(=O)[C@H](Cc1ccccc1)NC(=O)C(COCc1ccccc1)NS(C)(=O)=O. The van der Waals surface area contributed by atoms with Gasteiger partial charge >= 0.3 is 0 Å². The van der Waals surface area contributed by atoms with Crippen molar-refractivity contribution in [3.8, 4) is 0 Å². The Labute approximate surface area is 182 Å². The van der Waals surface area contributed by atoms with Crippen LogP contribution in [0.25, 0.3) is 0 Å². The molecule has 9 nitrogen and oxygen atoms in total. The van der Waals surface area contributed by atoms with Crippen molar-refractivity contribution in [2.45, 2.75) is 25.1 Å². The number of ketones is 1. The highest BCUT2D eigenvalue weighted by Crippen LogP contribution is 2.06. The molecule has 1 unspecified atom stereocenters. The monoisotopic (exact) mass is 448 g/mol. The summed E-state index contributed by atoms with van der Waals surface area (Å²) < 4.78 is 38.1. The average molecular weight is 449 g/mol. The highest BCUT2D eigenvalue weighted by atomic mass is 32.2. The Morgan fingerprint density at radius 1 is 1.00 bits per heavy atom. The zero-order valence-corrected chi connectivity index (χ0v) is 17.7. The van der Waals surface area contributed by atoms with E-state index < -0.39 is 39.7 Å². The van der Waals surface area contributed by atoms with Gasteiger partial charge in [-0.25, -0.2) is 13.1 Å². The van der Waals surface area contributed by atoms with E-state index in [-0.39, 0.29) is 19.6 Å². The number of primary amides is 1. The quantitative estimate of drug-likeness (QED) is 0.387. The number of hydrogen-bond donors (Lipinski definition) is 3. The molecule has 0 aromatic heterocycles. The van der Waals surface area contributed by atoms with E-state index in [9.17, 15) is 22.8 Å². The number of nitrogens with one attached hydrogen (secondary N) is 2. The molecule has 2 rings (SSSR count). The van der Waals surface area contributed by atoms with Crippen molar-refractivity contribution in [1.82, 2.24) is 10.0 Å². The summed E-state index contributed by atoms with van der Waals surface area (Å²) in [5, 5.41) is 2.41. The summed E-state index contributed by atoms with van der Waals surface area (Å²) in [5.41, 5.74) is 2.99. The van der Waals surface area contributed by atoms with Gasteiger partial charge in [0.15, 0.2) is 1.41 Å². The first-order valence-corrected chi connectivity index (χ1v) is 11.3. The second-order valence-corrected chi connectivity index (χ2v) is 8.67. The van der Waals surface area contributed by atoms with E-state index in [0.29, 0.717) is 5.56 Å². The number of rotatable bonds is 12. The summed E-state index contributed by atoms with van der Waals surface area (Å²) in [5.74, 6) is -3.06. The summed E-state index contributed by atoms with van der Waals surface area (Å²) >= 11 is 0. The number of benzene rings is 2. The molecule has 166 valence electrons. The van der Waals surface area contributed by atoms with Crippen LogP contribution in [0, 0.1) is 0 Å². The Kier molecular flexibility index (Phi) is 8.27. The third-order valence-electron chi connectivity index (χ3n) is 4.21. The number of ether oxygens (including phenoxy) is 1. The van der Waals surface area contributed by atoms with Crippen molar-refractivity contribution in [3.63, 3.8) is 0 Å². The Balaban J connectivity index is 2.13. The van der Waals surface area contributed by atoms with Gasteiger partial charge in [0.2, 0.25) is 21.7 Å². The van der Waals surface area contributed by atoms with Gasteiger partial charge in [-0.15, -0.1) is 0 Å². The molecule has 4 N–H and O–H groups in total. The van der Waals surface area contributed by atoms with Gasteiger partial charge in [-0.1, -0.05) is 60.7 Å². The largest absolute Gasteiger partial charge is 0.375 e. The van der Waals surface area contributed by atoms with E-state index >= 15 is 0 Å². The number of nitrogens with two attached hydrogens (primary N) is 1. The maximum atomic E-state index is 12.8. The molecule has 2 aromatic rings. The van der Waals surface area contributed by atoms with Crippen molar-refractivity contribution in [1.29, 1.82) is 0 Å². The third-order valence-corrected chi connectivity index (χ3v) is 4.92. The molecule has 0 bridgehead atoms. The van der Waals surface area contributed by atoms with Crippen LogP contribution in [0.4, 0.5) is 0 Å². The molecule has 2 atom stereocenters. The van der Waals surface area contributed by atoms with E-state index in [4.69, 9.17) is 6.15 Å². The fraction of sp³-hybridized carbons (Fsp3) is 0.286. The first kappa shape index (κ1) is 22.6. The zero-order valence-electron chi connectivity index (χ0n) is 17.9. The molecule has 2 aromatic carbocycles. The molecule has 0 aliphatic carbocycles. The molecular weight excluding hydrogens is 422 g/mol. The van der Waals surface area contributed by atoms with Crippen LogP contribution in [0.5, 0.6) is 0 Å². The predicted molar refractivity (Wildman–Crippen MR) is 114 cm³/mol. The van der Waals surface area contributed by atoms with Crippen molar-refractivity contribution >= 4 is 27.6 Å². The van der Waals surface area contributed by atoms with Crippen LogP contribution < -0.4 is 15.8 Å². The van der Waals surface area contributed by atoms with Crippen LogP contribution in [-0.4, -0.2) is 51.0 Å². The van der Waals surface area contributed by atoms with Gasteiger partial charge in [-0.3, -0.25) is 14.4 Å². The lowest BCUT2D eigenvalue weighted by atomic mass is 10.0. The molecule has 2 amide bonds. The Morgan fingerprint density at radius 3 is 2.13 bits per heavy atom. The lowest BCUT2D eigenvalue weighted by Crippen LogP contribution is -2.55. The minimum absolute atomic E-state index is 0.0186. The molecular formula is C21H25N3O6S. The standard InChI is InChI=1S/C21H25N3O6S/c1-31(28,29)24-18(14-30-13-16-10-6-3-7-11-16)21(27)23-17(19(25)20(22)26)12-15-8-4-2-5-9-15/h2-11,17-18,24H,12-14H2,1H3,(H2,22,26)(H,23,27)/t17-,18?/m0/s1/i/hD. The van der Waals surface area contributed by atoms with Crippen molar-refractivity contribution < 1.29 is 29.0 Å². The first-order valence-electron chi connectivity index (χ1n) is 9.89. The molecule has 0 heterocycles. The van der Waals surface area contributed by atoms with Crippen LogP contribution in [-0.2, 0) is 42.2 Å². The highest BCUT2D eigenvalue weighted by molar-refractivity contribution is 7.88. The van der Waals surface area contributed by atoms with Crippen molar-refractivity contribution in [2.24, 2.45) is 5.73 Å². The van der Waals surface area contributed by atoms with Crippen LogP contribution in [0.3, 0.4) is 0 Å². The predicted octanol–water partition coefficient (Wildman–Crippen LogP) is -0.0971. The molecule has 0 saturated heterocycles. The van der Waals surface area contributed by atoms with E-state index in [2.05, 4.69) is 10.0 Å². The molecule has 0 spiro atoms. The topological polar surface area (TPSA) is 145 Å². The first-order chi connectivity index (χ1) is 15.2. The van der Waals surface area contributed by atoms with Gasteiger partial charge in [0, 0.05) is 6.42 Å². The van der Waals surface area contributed by atoms with Gasteiger partial charge in [-0.05, 0) is 11.1 Å². The second kappa shape index (κ2) is 11.3. The summed E-state index contributed by atoms with van der Waals surface area (Å²) in [6.45, 7) is -0.158. The van der Waals surface area contributed by atoms with E-state index in [1.165, 1.54) is 5.73 Å². The Morgan fingerprint density at radius 2 is 1.58 bits per heavy atom. The highest BCUT2D eigenvalue weighted by Gasteiger charge is 2.30. The molecule has 0 radical (unpaired) electrons. The second-order valence-electron chi connectivity index (χ2n) is 6.89. The molecule has 31 heavy (non-hydrogen) atoms. The average Bonchev–Trinajstić information content (AvgIpc) is 2.77. The molecule has 0 fully saturated rings. The lowest BCUT2D eigenvalue weighted by molar-refractivity contribution is -0.138. The van der Waals surface area contributed by atoms with Crippen LogP contribution >= 0.6 is 0 Å². The van der Waals surface area contributed by atoms with Crippen LogP contribution in [0.1, 0.15) is 11.1 Å². The normalized spacial score (nSPS) is 13.5. The summed E-state index contributed by atoms with van der Waals surface area (Å²) in [6.07, 6.45) is 0.875. The van der Waals surface area contributed by atoms with Gasteiger partial charge in [0.05, 0.1) is 19.5 Å². The Bertz CT molecular complexity index is 1020. The van der Waals surface area contributed by atoms with Crippen LogP contribution in [0.2, 0.25) is 1.41 Å². The van der Waals surface area contributed by atoms with E-state index in [0.717, 1.165) is 11.8 Å². The van der Waals surface area contributed by atoms with Gasteiger partial charge in [-0.2, -0.15) is 0 Å². The van der Waals surface area contributed by atoms with Crippen LogP contribution in [0.15, 0.2) is 60.7 Å². The van der Waals surface area contributed by atoms with Crippen molar-refractivity contribution in [2.75, 3.05) is 12.9 Å². The maximum absolute atomic E-state index is 12.8. The number of hydrogen-bond acceptors (Lipinski definition) is 6. The van der Waals surface area contributed by atoms with Gasteiger partial charge < -0.3 is 15.8 Å². The third kappa shape index (κ3) is 8.67. The Hall–Kier alpha value is -3.08. The van der Waals surface area contributed by atoms with E-state index in [1.54, 1.807) is 30.3 Å². The summed E-state index contributed by atoms with van der Waals surface area (Å²) in [6, 6.07) is 15.1. The minimum atomic E-state index is -3.78. The van der Waals surface area contributed by atoms with E-state index in [1.807, 2.05) is 30.3 Å². The number of carbonyl (C=O) groups is 3. The molecule has 10 heteroatoms. The molecule has 0 saturated carbocycles. The van der Waals surface area contributed by atoms with Crippen molar-refractivity contribution in [3.05, 3.63) is 71.8 Å². The van der Waals surface area contributed by atoms with Gasteiger partial charge in [0.1, 0.15) is 12.1 Å². The molecule has 0 aliphatic rings. The number of amides is 2. The number of carbonyl (C=O) groups excluding carboxylic acids is 3.